The summed E-state index contributed by atoms with van der Waals surface area (Å²) in [6.07, 6.45) is 2.43. The second-order valence-electron chi connectivity index (χ2n) is 6.30. The van der Waals surface area contributed by atoms with E-state index in [4.69, 9.17) is 0 Å². The van der Waals surface area contributed by atoms with Crippen molar-refractivity contribution in [1.29, 1.82) is 0 Å². The summed E-state index contributed by atoms with van der Waals surface area (Å²) in [6.45, 7) is 6.62. The summed E-state index contributed by atoms with van der Waals surface area (Å²) in [4.78, 5) is 27.9. The molecule has 1 aliphatic heterocycles. The Balaban J connectivity index is 1.74. The molecule has 0 spiro atoms. The number of hydrogen-bond acceptors (Lipinski definition) is 3. The number of piperazine rings is 1. The van der Waals surface area contributed by atoms with E-state index in [0.29, 0.717) is 38.3 Å². The van der Waals surface area contributed by atoms with Crippen molar-refractivity contribution in [2.45, 2.75) is 26.8 Å². The highest BCUT2D eigenvalue weighted by atomic mass is 16.2. The molecule has 6 nitrogen and oxygen atoms in total. The molecule has 25 heavy (non-hydrogen) atoms. The van der Waals surface area contributed by atoms with E-state index in [1.807, 2.05) is 34.7 Å². The highest BCUT2D eigenvalue weighted by molar-refractivity contribution is 5.95. The van der Waals surface area contributed by atoms with Crippen LogP contribution in [0.2, 0.25) is 0 Å². The average molecular weight is 340 g/mol. The van der Waals surface area contributed by atoms with Crippen LogP contribution >= 0.6 is 0 Å². The molecular weight excluding hydrogens is 316 g/mol. The summed E-state index contributed by atoms with van der Waals surface area (Å²) < 4.78 is 1.91. The van der Waals surface area contributed by atoms with Crippen LogP contribution in [0.25, 0.3) is 0 Å². The summed E-state index contributed by atoms with van der Waals surface area (Å²) >= 11 is 0. The van der Waals surface area contributed by atoms with Crippen molar-refractivity contribution in [3.8, 4) is 0 Å². The van der Waals surface area contributed by atoms with E-state index in [1.165, 1.54) is 0 Å². The van der Waals surface area contributed by atoms with E-state index in [0.717, 1.165) is 17.7 Å². The van der Waals surface area contributed by atoms with Crippen molar-refractivity contribution < 1.29 is 9.59 Å². The van der Waals surface area contributed by atoms with Crippen LogP contribution in [0, 0.1) is 0 Å². The lowest BCUT2D eigenvalue weighted by atomic mass is 10.1. The van der Waals surface area contributed by atoms with Gasteiger partial charge in [0.2, 0.25) is 5.91 Å². The van der Waals surface area contributed by atoms with E-state index in [1.54, 1.807) is 18.0 Å². The molecule has 0 radical (unpaired) electrons. The molecular formula is C19H24N4O2. The first-order chi connectivity index (χ1) is 12.1. The van der Waals surface area contributed by atoms with Gasteiger partial charge in [-0.3, -0.25) is 14.3 Å². The highest BCUT2D eigenvalue weighted by Gasteiger charge is 2.26. The zero-order chi connectivity index (χ0) is 17.8. The number of hydrogen-bond donors (Lipinski definition) is 0. The Morgan fingerprint density at radius 3 is 2.28 bits per heavy atom. The van der Waals surface area contributed by atoms with E-state index in [-0.39, 0.29) is 11.8 Å². The third kappa shape index (κ3) is 3.73. The second kappa shape index (κ2) is 7.51. The van der Waals surface area contributed by atoms with Gasteiger partial charge in [0.05, 0.1) is 24.0 Å². The number of rotatable bonds is 4. The van der Waals surface area contributed by atoms with Gasteiger partial charge < -0.3 is 9.80 Å². The molecule has 6 heteroatoms. The van der Waals surface area contributed by atoms with Crippen LogP contribution in [0.15, 0.2) is 36.5 Å². The molecule has 1 aromatic heterocycles. The van der Waals surface area contributed by atoms with Gasteiger partial charge in [0.15, 0.2) is 0 Å². The fraction of sp³-hybridized carbons (Fsp3) is 0.421. The van der Waals surface area contributed by atoms with Gasteiger partial charge in [-0.15, -0.1) is 0 Å². The van der Waals surface area contributed by atoms with Crippen molar-refractivity contribution in [3.05, 3.63) is 53.3 Å². The summed E-state index contributed by atoms with van der Waals surface area (Å²) in [5.74, 6) is 0.0800. The molecule has 0 atom stereocenters. The first-order valence-corrected chi connectivity index (χ1v) is 8.73. The Labute approximate surface area is 148 Å². The Morgan fingerprint density at radius 2 is 1.68 bits per heavy atom. The van der Waals surface area contributed by atoms with Crippen LogP contribution in [0.3, 0.4) is 0 Å². The summed E-state index contributed by atoms with van der Waals surface area (Å²) in [6, 6.07) is 10.1. The predicted molar refractivity (Wildman–Crippen MR) is 95.3 cm³/mol. The largest absolute Gasteiger partial charge is 0.339 e. The Morgan fingerprint density at radius 1 is 1.04 bits per heavy atom. The molecule has 1 aromatic carbocycles. The van der Waals surface area contributed by atoms with Gasteiger partial charge in [-0.1, -0.05) is 37.3 Å². The van der Waals surface area contributed by atoms with E-state index < -0.39 is 0 Å². The lowest BCUT2D eigenvalue weighted by Gasteiger charge is -2.34. The number of nitrogens with zero attached hydrogens (tertiary/aromatic N) is 4. The van der Waals surface area contributed by atoms with Gasteiger partial charge in [0.25, 0.3) is 5.91 Å². The maximum absolute atomic E-state index is 12.9. The lowest BCUT2D eigenvalue weighted by Crippen LogP contribution is -2.50. The molecule has 0 saturated carbocycles. The van der Waals surface area contributed by atoms with Crippen LogP contribution in [0.1, 0.15) is 35.5 Å². The molecule has 1 saturated heterocycles. The molecule has 0 N–H and O–H groups in total. The van der Waals surface area contributed by atoms with Crippen molar-refractivity contribution in [2.75, 3.05) is 26.2 Å². The van der Waals surface area contributed by atoms with Crippen LogP contribution in [-0.4, -0.2) is 57.6 Å². The number of benzene rings is 1. The summed E-state index contributed by atoms with van der Waals surface area (Å²) in [5.41, 5.74) is 2.80. The minimum absolute atomic E-state index is 0.0133. The summed E-state index contributed by atoms with van der Waals surface area (Å²) in [7, 11) is 0. The van der Waals surface area contributed by atoms with Crippen molar-refractivity contribution in [1.82, 2.24) is 19.6 Å². The predicted octanol–water partition coefficient (Wildman–Crippen LogP) is 1.80. The second-order valence-corrected chi connectivity index (χ2v) is 6.30. The van der Waals surface area contributed by atoms with Gasteiger partial charge in [-0.25, -0.2) is 0 Å². The number of aromatic nitrogens is 2. The zero-order valence-corrected chi connectivity index (χ0v) is 14.8. The minimum Gasteiger partial charge on any atom is -0.339 e. The molecule has 1 fully saturated rings. The quantitative estimate of drug-likeness (QED) is 0.853. The molecule has 132 valence electrons. The van der Waals surface area contributed by atoms with E-state index >= 15 is 0 Å². The monoisotopic (exact) mass is 340 g/mol. The molecule has 0 unspecified atom stereocenters. The van der Waals surface area contributed by atoms with Crippen LogP contribution in [0.5, 0.6) is 0 Å². The summed E-state index contributed by atoms with van der Waals surface area (Å²) in [5, 5.41) is 4.45. The van der Waals surface area contributed by atoms with Gasteiger partial charge in [0.1, 0.15) is 0 Å². The number of carbonyl (C=O) groups is 2. The van der Waals surface area contributed by atoms with Gasteiger partial charge in [-0.2, -0.15) is 5.10 Å². The van der Waals surface area contributed by atoms with Gasteiger partial charge in [-0.05, 0) is 12.0 Å². The topological polar surface area (TPSA) is 58.4 Å². The van der Waals surface area contributed by atoms with Gasteiger partial charge >= 0.3 is 0 Å². The highest BCUT2D eigenvalue weighted by Crippen LogP contribution is 2.16. The third-order valence-corrected chi connectivity index (χ3v) is 4.70. The van der Waals surface area contributed by atoms with E-state index in [9.17, 15) is 9.59 Å². The average Bonchev–Trinajstić information content (AvgIpc) is 3.04. The fourth-order valence-corrected chi connectivity index (χ4v) is 3.25. The molecule has 0 aliphatic carbocycles. The molecule has 1 aliphatic rings. The zero-order valence-electron chi connectivity index (χ0n) is 14.8. The van der Waals surface area contributed by atoms with Crippen LogP contribution in [0.4, 0.5) is 0 Å². The van der Waals surface area contributed by atoms with Crippen molar-refractivity contribution >= 4 is 11.8 Å². The van der Waals surface area contributed by atoms with Crippen molar-refractivity contribution in [2.24, 2.45) is 0 Å². The SMILES string of the molecule is CCc1c(C(=O)N2CCN(C(C)=O)CC2)cnn1Cc1ccccc1. The first kappa shape index (κ1) is 17.2. The molecule has 2 heterocycles. The number of carbonyl (C=O) groups excluding carboxylic acids is 2. The maximum Gasteiger partial charge on any atom is 0.257 e. The molecule has 2 aromatic rings. The lowest BCUT2D eigenvalue weighted by molar-refractivity contribution is -0.130. The van der Waals surface area contributed by atoms with Gasteiger partial charge in [0, 0.05) is 33.1 Å². The first-order valence-electron chi connectivity index (χ1n) is 8.73. The maximum atomic E-state index is 12.9. The Bertz CT molecular complexity index is 746. The number of amides is 2. The van der Waals surface area contributed by atoms with Crippen LogP contribution in [-0.2, 0) is 17.8 Å². The molecule has 0 bridgehead atoms. The Hall–Kier alpha value is -2.63. The van der Waals surface area contributed by atoms with E-state index in [2.05, 4.69) is 17.2 Å². The molecule has 3 rings (SSSR count). The third-order valence-electron chi connectivity index (χ3n) is 4.70. The molecule has 2 amide bonds. The van der Waals surface area contributed by atoms with Crippen LogP contribution < -0.4 is 0 Å². The van der Waals surface area contributed by atoms with Crippen molar-refractivity contribution in [3.63, 3.8) is 0 Å². The fourth-order valence-electron chi connectivity index (χ4n) is 3.25. The Kier molecular flexibility index (Phi) is 5.16. The minimum atomic E-state index is 0.0133. The smallest absolute Gasteiger partial charge is 0.257 e. The normalized spacial score (nSPS) is 14.6. The standard InChI is InChI=1S/C19H24N4O2/c1-3-18-17(13-20-23(18)14-16-7-5-4-6-8-16)19(25)22-11-9-21(10-12-22)15(2)24/h4-8,13H,3,9-12,14H2,1-2H3.